The van der Waals surface area contributed by atoms with Crippen LogP contribution in [0.1, 0.15) is 26.4 Å². The Labute approximate surface area is 158 Å². The fourth-order valence-corrected chi connectivity index (χ4v) is 3.27. The average Bonchev–Trinajstić information content (AvgIpc) is 2.67. The highest BCUT2D eigenvalue weighted by molar-refractivity contribution is 5.97. The van der Waals surface area contributed by atoms with Crippen molar-refractivity contribution in [3.63, 3.8) is 0 Å². The summed E-state index contributed by atoms with van der Waals surface area (Å²) in [7, 11) is 1.61. The minimum Gasteiger partial charge on any atom is -0.502 e. The lowest BCUT2D eigenvalue weighted by Gasteiger charge is -2.37. The van der Waals surface area contributed by atoms with Crippen LogP contribution >= 0.6 is 0 Å². The maximum Gasteiger partial charge on any atom is 0.341 e. The standard InChI is InChI=1S/C18H17N3O7/c1-19-9-20(7-10-2-3-12-13(6-10)28-5-4-27-12)17(24)14-16(23)15(22)11(18(25)26)8-21(14)19/h2-3,6,8,23H,4-5,7,9H2,1H3,(H,25,26). The molecule has 2 N–H and O–H groups in total. The van der Waals surface area contributed by atoms with Crippen molar-refractivity contribution in [1.82, 2.24) is 9.58 Å². The van der Waals surface area contributed by atoms with Gasteiger partial charge in [0, 0.05) is 19.8 Å². The predicted molar refractivity (Wildman–Crippen MR) is 95.6 cm³/mol. The Bertz CT molecular complexity index is 1050. The Kier molecular flexibility index (Phi) is 4.10. The molecular weight excluding hydrogens is 370 g/mol. The fourth-order valence-electron chi connectivity index (χ4n) is 3.27. The Balaban J connectivity index is 1.68. The number of aromatic nitrogens is 1. The molecule has 0 atom stereocenters. The first-order valence-corrected chi connectivity index (χ1v) is 8.48. The van der Waals surface area contributed by atoms with Crippen LogP contribution in [-0.4, -0.2) is 58.6 Å². The van der Waals surface area contributed by atoms with Crippen LogP contribution in [0.15, 0.2) is 29.2 Å². The normalized spacial score (nSPS) is 15.4. The van der Waals surface area contributed by atoms with E-state index in [1.54, 1.807) is 25.2 Å². The van der Waals surface area contributed by atoms with Gasteiger partial charge < -0.3 is 24.6 Å². The van der Waals surface area contributed by atoms with E-state index in [0.29, 0.717) is 24.7 Å². The van der Waals surface area contributed by atoms with Crippen molar-refractivity contribution in [2.24, 2.45) is 0 Å². The number of amides is 1. The third kappa shape index (κ3) is 2.79. The SMILES string of the molecule is CN1CN(Cc2ccc3c(c2)OCCO3)C(=O)c2c(O)c(=O)c(C(=O)O)cn21. The van der Waals surface area contributed by atoms with Crippen molar-refractivity contribution in [2.75, 3.05) is 31.9 Å². The number of pyridine rings is 1. The molecule has 0 radical (unpaired) electrons. The van der Waals surface area contributed by atoms with Gasteiger partial charge >= 0.3 is 5.97 Å². The minimum atomic E-state index is -1.48. The van der Waals surface area contributed by atoms with E-state index in [1.165, 1.54) is 14.6 Å². The molecule has 3 heterocycles. The van der Waals surface area contributed by atoms with Crippen LogP contribution in [0.3, 0.4) is 0 Å². The number of hydrogen-bond acceptors (Lipinski definition) is 7. The molecule has 1 aromatic carbocycles. The maximum atomic E-state index is 12.9. The van der Waals surface area contributed by atoms with E-state index in [4.69, 9.17) is 14.6 Å². The largest absolute Gasteiger partial charge is 0.502 e. The van der Waals surface area contributed by atoms with Crippen molar-refractivity contribution in [3.05, 3.63) is 51.4 Å². The zero-order chi connectivity index (χ0) is 20.0. The van der Waals surface area contributed by atoms with E-state index in [0.717, 1.165) is 11.8 Å². The molecule has 10 nitrogen and oxygen atoms in total. The average molecular weight is 387 g/mol. The lowest BCUT2D eigenvalue weighted by molar-refractivity contribution is 0.0661. The summed E-state index contributed by atoms with van der Waals surface area (Å²) in [6, 6.07) is 5.34. The van der Waals surface area contributed by atoms with Crippen LogP contribution in [0.25, 0.3) is 0 Å². The number of carboxylic acid groups (broad SMARTS) is 1. The zero-order valence-corrected chi connectivity index (χ0v) is 14.9. The van der Waals surface area contributed by atoms with Crippen molar-refractivity contribution in [3.8, 4) is 17.2 Å². The second-order valence-corrected chi connectivity index (χ2v) is 6.50. The van der Waals surface area contributed by atoms with E-state index in [2.05, 4.69) is 0 Å². The summed E-state index contributed by atoms with van der Waals surface area (Å²) < 4.78 is 12.2. The highest BCUT2D eigenvalue weighted by Gasteiger charge is 2.33. The van der Waals surface area contributed by atoms with E-state index in [1.807, 2.05) is 0 Å². The fraction of sp³-hybridized carbons (Fsp3) is 0.278. The van der Waals surface area contributed by atoms with Crippen LogP contribution in [0, 0.1) is 0 Å². The first-order chi connectivity index (χ1) is 13.4. The van der Waals surface area contributed by atoms with Gasteiger partial charge in [-0.25, -0.2) is 4.79 Å². The number of nitrogens with zero attached hydrogens (tertiary/aromatic N) is 3. The summed E-state index contributed by atoms with van der Waals surface area (Å²) in [6.45, 7) is 1.25. The zero-order valence-electron chi connectivity index (χ0n) is 14.9. The molecule has 0 spiro atoms. The molecule has 2 aliphatic heterocycles. The molecule has 0 saturated heterocycles. The number of fused-ring (bicyclic) bond motifs is 2. The number of rotatable bonds is 3. The van der Waals surface area contributed by atoms with Gasteiger partial charge in [-0.2, -0.15) is 0 Å². The van der Waals surface area contributed by atoms with Crippen molar-refractivity contribution >= 4 is 11.9 Å². The van der Waals surface area contributed by atoms with Crippen LogP contribution in [0.5, 0.6) is 17.2 Å². The summed E-state index contributed by atoms with van der Waals surface area (Å²) in [5.41, 5.74) is -1.20. The molecule has 2 aliphatic rings. The lowest BCUT2D eigenvalue weighted by Crippen LogP contribution is -2.52. The molecule has 0 fully saturated rings. The van der Waals surface area contributed by atoms with Gasteiger partial charge in [-0.15, -0.1) is 0 Å². The molecule has 1 amide bonds. The summed E-state index contributed by atoms with van der Waals surface area (Å²) in [5, 5.41) is 20.9. The first kappa shape index (κ1) is 17.7. The van der Waals surface area contributed by atoms with Crippen LogP contribution < -0.4 is 19.9 Å². The second-order valence-electron chi connectivity index (χ2n) is 6.50. The minimum absolute atomic E-state index is 0.127. The Morgan fingerprint density at radius 1 is 1.18 bits per heavy atom. The van der Waals surface area contributed by atoms with Crippen molar-refractivity contribution in [1.29, 1.82) is 0 Å². The highest BCUT2D eigenvalue weighted by Crippen LogP contribution is 2.31. The molecule has 0 aliphatic carbocycles. The van der Waals surface area contributed by atoms with E-state index >= 15 is 0 Å². The first-order valence-electron chi connectivity index (χ1n) is 8.48. The van der Waals surface area contributed by atoms with Crippen LogP contribution in [0.2, 0.25) is 0 Å². The predicted octanol–water partition coefficient (Wildman–Crippen LogP) is 0.205. The molecule has 4 rings (SSSR count). The van der Waals surface area contributed by atoms with Gasteiger partial charge in [0.2, 0.25) is 5.43 Å². The smallest absolute Gasteiger partial charge is 0.341 e. The monoisotopic (exact) mass is 387 g/mol. The molecule has 146 valence electrons. The molecule has 2 aromatic rings. The van der Waals surface area contributed by atoms with Gasteiger partial charge in [0.15, 0.2) is 22.9 Å². The molecule has 28 heavy (non-hydrogen) atoms. The lowest BCUT2D eigenvalue weighted by atomic mass is 10.1. The number of carbonyl (C=O) groups is 2. The van der Waals surface area contributed by atoms with Crippen molar-refractivity contribution < 1.29 is 29.3 Å². The highest BCUT2D eigenvalue weighted by atomic mass is 16.6. The number of benzene rings is 1. The van der Waals surface area contributed by atoms with Gasteiger partial charge in [-0.1, -0.05) is 6.07 Å². The third-order valence-electron chi connectivity index (χ3n) is 4.61. The molecule has 0 saturated carbocycles. The summed E-state index contributed by atoms with van der Waals surface area (Å²) >= 11 is 0. The third-order valence-corrected chi connectivity index (χ3v) is 4.61. The number of ether oxygens (including phenoxy) is 2. The number of hydrogen-bond donors (Lipinski definition) is 2. The second kappa shape index (κ2) is 6.48. The Morgan fingerprint density at radius 2 is 1.89 bits per heavy atom. The summed E-state index contributed by atoms with van der Waals surface area (Å²) in [6.07, 6.45) is 1.04. The molecule has 10 heteroatoms. The number of carboxylic acids is 1. The number of aromatic hydroxyl groups is 1. The number of aromatic carboxylic acids is 1. The molecule has 0 unspecified atom stereocenters. The van der Waals surface area contributed by atoms with E-state index in [9.17, 15) is 19.5 Å². The molecule has 0 bridgehead atoms. The maximum absolute atomic E-state index is 12.9. The van der Waals surface area contributed by atoms with Gasteiger partial charge in [0.05, 0.1) is 0 Å². The Morgan fingerprint density at radius 3 is 2.61 bits per heavy atom. The topological polar surface area (TPSA) is 122 Å². The van der Waals surface area contributed by atoms with Gasteiger partial charge in [-0.3, -0.25) is 19.3 Å². The number of carbonyl (C=O) groups excluding carboxylic acids is 1. The quantitative estimate of drug-likeness (QED) is 0.766. The van der Waals surface area contributed by atoms with Gasteiger partial charge in [-0.05, 0) is 17.7 Å². The van der Waals surface area contributed by atoms with Gasteiger partial charge in [0.1, 0.15) is 25.4 Å². The van der Waals surface area contributed by atoms with E-state index < -0.39 is 28.6 Å². The van der Waals surface area contributed by atoms with Gasteiger partial charge in [0.25, 0.3) is 5.91 Å². The molecular formula is C18H17N3O7. The summed E-state index contributed by atoms with van der Waals surface area (Å²) in [5.74, 6) is -1.72. The van der Waals surface area contributed by atoms with Crippen molar-refractivity contribution in [2.45, 2.75) is 6.54 Å². The Hall–Kier alpha value is -3.69. The molecule has 1 aromatic heterocycles. The van der Waals surface area contributed by atoms with E-state index in [-0.39, 0.29) is 18.9 Å². The van der Waals surface area contributed by atoms with Crippen LogP contribution in [-0.2, 0) is 6.54 Å². The summed E-state index contributed by atoms with van der Waals surface area (Å²) in [4.78, 5) is 37.6. The van der Waals surface area contributed by atoms with Crippen LogP contribution in [0.4, 0.5) is 0 Å².